The number of hydrogen-bond acceptors (Lipinski definition) is 4. The average molecular weight is 355 g/mol. The SMILES string of the molecule is Nc1nc(N)n(-c2cc(F)c(-c3ccccc3)c(C(F)(F)F)c2F)n1. The fourth-order valence-corrected chi connectivity index (χ4v) is 2.44. The summed E-state index contributed by atoms with van der Waals surface area (Å²) in [4.78, 5) is 3.47. The third kappa shape index (κ3) is 2.86. The van der Waals surface area contributed by atoms with Crippen molar-refractivity contribution in [3.8, 4) is 16.8 Å². The summed E-state index contributed by atoms with van der Waals surface area (Å²) in [6.07, 6.45) is -5.16. The molecule has 10 heteroatoms. The summed E-state index contributed by atoms with van der Waals surface area (Å²) in [6, 6.07) is 7.42. The van der Waals surface area contributed by atoms with Gasteiger partial charge in [-0.1, -0.05) is 30.3 Å². The van der Waals surface area contributed by atoms with Gasteiger partial charge in [0.15, 0.2) is 5.82 Å². The summed E-state index contributed by atoms with van der Waals surface area (Å²) < 4.78 is 70.1. The van der Waals surface area contributed by atoms with Crippen LogP contribution >= 0.6 is 0 Å². The summed E-state index contributed by atoms with van der Waals surface area (Å²) in [5, 5.41) is 3.49. The fraction of sp³-hybridized carbons (Fsp3) is 0.0667. The van der Waals surface area contributed by atoms with Crippen molar-refractivity contribution in [1.29, 1.82) is 0 Å². The van der Waals surface area contributed by atoms with E-state index in [9.17, 15) is 22.0 Å². The molecule has 3 rings (SSSR count). The Morgan fingerprint density at radius 3 is 2.16 bits per heavy atom. The van der Waals surface area contributed by atoms with Crippen molar-refractivity contribution < 1.29 is 22.0 Å². The number of alkyl halides is 3. The number of anilines is 2. The quantitative estimate of drug-likeness (QED) is 0.690. The highest BCUT2D eigenvalue weighted by Gasteiger charge is 2.40. The third-order valence-electron chi connectivity index (χ3n) is 3.42. The molecule has 0 bridgehead atoms. The number of nitrogen functional groups attached to an aromatic ring is 2. The molecule has 0 unspecified atom stereocenters. The number of nitrogens with two attached hydrogens (primary N) is 2. The fourth-order valence-electron chi connectivity index (χ4n) is 2.44. The number of aromatic nitrogens is 3. The van der Waals surface area contributed by atoms with E-state index in [1.807, 2.05) is 0 Å². The van der Waals surface area contributed by atoms with E-state index in [0.717, 1.165) is 0 Å². The van der Waals surface area contributed by atoms with E-state index < -0.39 is 46.5 Å². The van der Waals surface area contributed by atoms with Crippen LogP contribution in [0.3, 0.4) is 0 Å². The molecule has 1 aromatic heterocycles. The molecule has 25 heavy (non-hydrogen) atoms. The van der Waals surface area contributed by atoms with Gasteiger partial charge >= 0.3 is 6.18 Å². The first-order valence-electron chi connectivity index (χ1n) is 6.83. The molecular formula is C15H10F5N5. The molecule has 1 heterocycles. The monoisotopic (exact) mass is 355 g/mol. The van der Waals surface area contributed by atoms with Gasteiger partial charge in [-0.15, -0.1) is 5.10 Å². The normalized spacial score (nSPS) is 11.7. The van der Waals surface area contributed by atoms with E-state index in [1.54, 1.807) is 0 Å². The van der Waals surface area contributed by atoms with Crippen molar-refractivity contribution in [2.75, 3.05) is 11.5 Å². The molecule has 0 saturated heterocycles. The Morgan fingerprint density at radius 1 is 1.00 bits per heavy atom. The van der Waals surface area contributed by atoms with Crippen LogP contribution in [0.2, 0.25) is 0 Å². The van der Waals surface area contributed by atoms with Crippen molar-refractivity contribution in [2.45, 2.75) is 6.18 Å². The molecule has 0 amide bonds. The predicted octanol–water partition coefficient (Wildman–Crippen LogP) is 3.40. The van der Waals surface area contributed by atoms with Crippen LogP contribution in [0.25, 0.3) is 16.8 Å². The standard InChI is InChI=1S/C15H10F5N5/c16-8-6-9(25-14(22)23-13(21)24-25)12(17)11(15(18,19)20)10(8)7-4-2-1-3-5-7/h1-6H,(H4,21,22,23,24). The Hall–Kier alpha value is -3.17. The van der Waals surface area contributed by atoms with Crippen molar-refractivity contribution in [3.05, 3.63) is 53.6 Å². The van der Waals surface area contributed by atoms with Gasteiger partial charge in [-0.05, 0) is 5.56 Å². The van der Waals surface area contributed by atoms with Gasteiger partial charge in [0.25, 0.3) is 0 Å². The number of nitrogens with zero attached hydrogens (tertiary/aromatic N) is 3. The van der Waals surface area contributed by atoms with Crippen molar-refractivity contribution in [2.24, 2.45) is 0 Å². The van der Waals surface area contributed by atoms with Crippen LogP contribution in [0.5, 0.6) is 0 Å². The van der Waals surface area contributed by atoms with E-state index in [1.165, 1.54) is 30.3 Å². The molecule has 2 aromatic carbocycles. The molecule has 0 spiro atoms. The Balaban J connectivity index is 2.37. The topological polar surface area (TPSA) is 82.7 Å². The van der Waals surface area contributed by atoms with Gasteiger partial charge in [-0.3, -0.25) is 0 Å². The molecule has 0 radical (unpaired) electrons. The first kappa shape index (κ1) is 16.7. The van der Waals surface area contributed by atoms with E-state index in [4.69, 9.17) is 11.5 Å². The van der Waals surface area contributed by atoms with Gasteiger partial charge in [0, 0.05) is 11.6 Å². The highest BCUT2D eigenvalue weighted by atomic mass is 19.4. The van der Waals surface area contributed by atoms with Gasteiger partial charge < -0.3 is 11.5 Å². The van der Waals surface area contributed by atoms with Gasteiger partial charge in [-0.25, -0.2) is 8.78 Å². The van der Waals surface area contributed by atoms with Crippen LogP contribution in [0.15, 0.2) is 36.4 Å². The van der Waals surface area contributed by atoms with Crippen LogP contribution in [0.1, 0.15) is 5.56 Å². The molecule has 0 saturated carbocycles. The zero-order chi connectivity index (χ0) is 18.4. The lowest BCUT2D eigenvalue weighted by Gasteiger charge is -2.17. The average Bonchev–Trinajstić information content (AvgIpc) is 2.87. The van der Waals surface area contributed by atoms with E-state index in [-0.39, 0.29) is 5.56 Å². The van der Waals surface area contributed by atoms with Crippen LogP contribution in [0.4, 0.5) is 33.8 Å². The molecule has 0 aliphatic rings. The second-order valence-corrected chi connectivity index (χ2v) is 5.05. The second kappa shape index (κ2) is 5.72. The zero-order valence-corrected chi connectivity index (χ0v) is 12.4. The summed E-state index contributed by atoms with van der Waals surface area (Å²) >= 11 is 0. The highest BCUT2D eigenvalue weighted by molar-refractivity contribution is 5.71. The van der Waals surface area contributed by atoms with Gasteiger partial charge in [-0.2, -0.15) is 22.8 Å². The molecule has 0 fully saturated rings. The minimum absolute atomic E-state index is 0.121. The molecule has 0 atom stereocenters. The molecule has 0 aliphatic carbocycles. The largest absolute Gasteiger partial charge is 0.420 e. The lowest BCUT2D eigenvalue weighted by Crippen LogP contribution is -2.16. The summed E-state index contributed by atoms with van der Waals surface area (Å²) in [6.45, 7) is 0. The van der Waals surface area contributed by atoms with Crippen LogP contribution in [-0.2, 0) is 6.18 Å². The first-order valence-corrected chi connectivity index (χ1v) is 6.83. The molecule has 0 aliphatic heterocycles. The van der Waals surface area contributed by atoms with Crippen LogP contribution in [0, 0.1) is 11.6 Å². The Morgan fingerprint density at radius 2 is 1.64 bits per heavy atom. The number of rotatable bonds is 2. The smallest absolute Gasteiger partial charge is 0.368 e. The van der Waals surface area contributed by atoms with Crippen molar-refractivity contribution in [1.82, 2.24) is 14.8 Å². The summed E-state index contributed by atoms with van der Waals surface area (Å²) in [7, 11) is 0. The number of halogens is 5. The number of hydrogen-bond donors (Lipinski definition) is 2. The second-order valence-electron chi connectivity index (χ2n) is 5.05. The predicted molar refractivity (Wildman–Crippen MR) is 80.5 cm³/mol. The molecule has 5 nitrogen and oxygen atoms in total. The minimum Gasteiger partial charge on any atom is -0.368 e. The van der Waals surface area contributed by atoms with E-state index >= 15 is 0 Å². The molecule has 4 N–H and O–H groups in total. The minimum atomic E-state index is -5.16. The molecule has 130 valence electrons. The Kier molecular flexibility index (Phi) is 3.82. The van der Waals surface area contributed by atoms with E-state index in [0.29, 0.717) is 10.7 Å². The maximum atomic E-state index is 14.7. The van der Waals surface area contributed by atoms with Gasteiger partial charge in [0.1, 0.15) is 17.1 Å². The third-order valence-corrected chi connectivity index (χ3v) is 3.42. The van der Waals surface area contributed by atoms with Gasteiger partial charge in [0.05, 0.1) is 0 Å². The van der Waals surface area contributed by atoms with Crippen LogP contribution < -0.4 is 11.5 Å². The molecular weight excluding hydrogens is 345 g/mol. The van der Waals surface area contributed by atoms with Gasteiger partial charge in [0.2, 0.25) is 11.9 Å². The maximum Gasteiger partial charge on any atom is 0.420 e. The maximum absolute atomic E-state index is 14.7. The zero-order valence-electron chi connectivity index (χ0n) is 12.4. The summed E-state index contributed by atoms with van der Waals surface area (Å²) in [5.74, 6) is -3.89. The molecule has 3 aromatic rings. The van der Waals surface area contributed by atoms with Crippen molar-refractivity contribution in [3.63, 3.8) is 0 Å². The first-order chi connectivity index (χ1) is 11.7. The van der Waals surface area contributed by atoms with Crippen molar-refractivity contribution >= 4 is 11.9 Å². The lowest BCUT2D eigenvalue weighted by atomic mass is 9.97. The Labute approximate surface area is 137 Å². The van der Waals surface area contributed by atoms with E-state index in [2.05, 4.69) is 10.1 Å². The summed E-state index contributed by atoms with van der Waals surface area (Å²) in [5.41, 5.74) is 7.10. The number of benzene rings is 2. The van der Waals surface area contributed by atoms with Crippen LogP contribution in [-0.4, -0.2) is 14.8 Å². The Bertz CT molecular complexity index is 934. The highest BCUT2D eigenvalue weighted by Crippen LogP contribution is 2.42. The lowest BCUT2D eigenvalue weighted by molar-refractivity contribution is -0.139.